The first kappa shape index (κ1) is 18.6. The molecule has 0 aliphatic rings. The molecule has 1 aromatic rings. The van der Waals surface area contributed by atoms with Crippen molar-refractivity contribution in [3.63, 3.8) is 0 Å². The molecule has 0 aliphatic carbocycles. The fourth-order valence-corrected chi connectivity index (χ4v) is 5.06. The molecule has 1 aromatic heterocycles. The van der Waals surface area contributed by atoms with Crippen LogP contribution in [0.15, 0.2) is 16.3 Å². The van der Waals surface area contributed by atoms with Gasteiger partial charge in [-0.05, 0) is 32.0 Å². The first-order chi connectivity index (χ1) is 9.97. The van der Waals surface area contributed by atoms with Crippen LogP contribution in [0, 0.1) is 0 Å². The Morgan fingerprint density at radius 2 is 2.10 bits per heavy atom. The minimum Gasteiger partial charge on any atom is -0.383 e. The van der Waals surface area contributed by atoms with Crippen LogP contribution >= 0.6 is 11.3 Å². The van der Waals surface area contributed by atoms with Crippen LogP contribution < -0.4 is 5.32 Å². The third-order valence-corrected chi connectivity index (χ3v) is 6.91. The van der Waals surface area contributed by atoms with Crippen LogP contribution in [0.1, 0.15) is 32.1 Å². The number of methoxy groups -OCH3 is 1. The smallest absolute Gasteiger partial charge is 0.252 e. The standard InChI is InChI=1S/C14H26N2O3S2/c1-5-12(3)16(9-10-19-4)21(17,18)14-8-7-13(20-14)11-15-6-2/h7-8,12,15H,5-6,9-11H2,1-4H3. The van der Waals surface area contributed by atoms with Crippen LogP contribution in [0.5, 0.6) is 0 Å². The van der Waals surface area contributed by atoms with E-state index in [1.54, 1.807) is 17.5 Å². The van der Waals surface area contributed by atoms with Gasteiger partial charge in [-0.2, -0.15) is 4.31 Å². The molecule has 0 spiro atoms. The van der Waals surface area contributed by atoms with Crippen molar-refractivity contribution in [1.82, 2.24) is 9.62 Å². The van der Waals surface area contributed by atoms with Gasteiger partial charge < -0.3 is 10.1 Å². The molecule has 1 unspecified atom stereocenters. The Hall–Kier alpha value is -0.470. The number of nitrogens with zero attached hydrogens (tertiary/aromatic N) is 1. The van der Waals surface area contributed by atoms with Crippen molar-refractivity contribution >= 4 is 21.4 Å². The SMILES string of the molecule is CCNCc1ccc(S(=O)(=O)N(CCOC)C(C)CC)s1. The molecule has 0 amide bonds. The highest BCUT2D eigenvalue weighted by molar-refractivity contribution is 7.91. The summed E-state index contributed by atoms with van der Waals surface area (Å²) in [7, 11) is -1.86. The predicted octanol–water partition coefficient (Wildman–Crippen LogP) is 2.29. The van der Waals surface area contributed by atoms with Crippen molar-refractivity contribution in [1.29, 1.82) is 0 Å². The second-order valence-corrected chi connectivity index (χ2v) is 8.15. The normalized spacial score (nSPS) is 13.8. The third kappa shape index (κ3) is 5.03. The number of hydrogen-bond donors (Lipinski definition) is 1. The maximum Gasteiger partial charge on any atom is 0.252 e. The summed E-state index contributed by atoms with van der Waals surface area (Å²) in [5.41, 5.74) is 0. The molecule has 7 heteroatoms. The first-order valence-corrected chi connectivity index (χ1v) is 9.53. The van der Waals surface area contributed by atoms with Gasteiger partial charge in [-0.25, -0.2) is 8.42 Å². The van der Waals surface area contributed by atoms with E-state index in [1.165, 1.54) is 11.3 Å². The van der Waals surface area contributed by atoms with Gasteiger partial charge in [-0.15, -0.1) is 11.3 Å². The summed E-state index contributed by atoms with van der Waals surface area (Å²) >= 11 is 1.34. The Morgan fingerprint density at radius 3 is 2.67 bits per heavy atom. The molecule has 0 aromatic carbocycles. The highest BCUT2D eigenvalue weighted by Crippen LogP contribution is 2.26. The van der Waals surface area contributed by atoms with Gasteiger partial charge in [0.25, 0.3) is 10.0 Å². The molecule has 1 heterocycles. The molecule has 0 aliphatic heterocycles. The fourth-order valence-electron chi connectivity index (χ4n) is 1.92. The number of ether oxygens (including phenoxy) is 1. The summed E-state index contributed by atoms with van der Waals surface area (Å²) in [6.07, 6.45) is 0.776. The number of sulfonamides is 1. The second-order valence-electron chi connectivity index (χ2n) is 4.87. The Balaban J connectivity index is 2.96. The van der Waals surface area contributed by atoms with Gasteiger partial charge in [0.15, 0.2) is 0 Å². The van der Waals surface area contributed by atoms with Gasteiger partial charge in [0.2, 0.25) is 0 Å². The summed E-state index contributed by atoms with van der Waals surface area (Å²) in [6.45, 7) is 8.31. The summed E-state index contributed by atoms with van der Waals surface area (Å²) in [6, 6.07) is 3.55. The lowest BCUT2D eigenvalue weighted by atomic mass is 10.3. The van der Waals surface area contributed by atoms with Gasteiger partial charge >= 0.3 is 0 Å². The molecular weight excluding hydrogens is 308 g/mol. The van der Waals surface area contributed by atoms with E-state index in [0.29, 0.717) is 23.9 Å². The zero-order chi connectivity index (χ0) is 15.9. The number of thiophene rings is 1. The molecule has 1 rings (SSSR count). The Morgan fingerprint density at radius 1 is 1.38 bits per heavy atom. The number of rotatable bonds is 10. The highest BCUT2D eigenvalue weighted by Gasteiger charge is 2.29. The molecule has 0 bridgehead atoms. The lowest BCUT2D eigenvalue weighted by Gasteiger charge is -2.26. The van der Waals surface area contributed by atoms with E-state index in [1.807, 2.05) is 26.8 Å². The molecule has 21 heavy (non-hydrogen) atoms. The van der Waals surface area contributed by atoms with E-state index >= 15 is 0 Å². The van der Waals surface area contributed by atoms with Crippen LogP contribution in [0.2, 0.25) is 0 Å². The molecule has 1 N–H and O–H groups in total. The maximum absolute atomic E-state index is 12.8. The molecule has 0 fully saturated rings. The van der Waals surface area contributed by atoms with Gasteiger partial charge in [-0.3, -0.25) is 0 Å². The summed E-state index contributed by atoms with van der Waals surface area (Å²) in [5.74, 6) is 0. The topological polar surface area (TPSA) is 58.6 Å². The largest absolute Gasteiger partial charge is 0.383 e. The van der Waals surface area contributed by atoms with E-state index in [-0.39, 0.29) is 6.04 Å². The minimum absolute atomic E-state index is 0.0375. The number of hydrogen-bond acceptors (Lipinski definition) is 5. The average Bonchev–Trinajstić information content (AvgIpc) is 2.94. The van der Waals surface area contributed by atoms with Crippen LogP contribution in [0.3, 0.4) is 0 Å². The Labute approximate surface area is 132 Å². The van der Waals surface area contributed by atoms with E-state index in [4.69, 9.17) is 4.74 Å². The van der Waals surface area contributed by atoms with Crippen LogP contribution in [-0.4, -0.2) is 45.6 Å². The minimum atomic E-state index is -3.44. The van der Waals surface area contributed by atoms with Crippen molar-refractivity contribution in [3.05, 3.63) is 17.0 Å². The van der Waals surface area contributed by atoms with E-state index in [2.05, 4.69) is 5.32 Å². The second kappa shape index (κ2) is 8.85. The van der Waals surface area contributed by atoms with Gasteiger partial charge in [0.05, 0.1) is 6.61 Å². The average molecular weight is 335 g/mol. The molecule has 5 nitrogen and oxygen atoms in total. The molecule has 122 valence electrons. The van der Waals surface area contributed by atoms with E-state index in [0.717, 1.165) is 17.8 Å². The highest BCUT2D eigenvalue weighted by atomic mass is 32.2. The first-order valence-electron chi connectivity index (χ1n) is 7.27. The summed E-state index contributed by atoms with van der Waals surface area (Å²) < 4.78 is 32.6. The fraction of sp³-hybridized carbons (Fsp3) is 0.714. The van der Waals surface area contributed by atoms with Gasteiger partial charge in [0.1, 0.15) is 4.21 Å². The van der Waals surface area contributed by atoms with Crippen molar-refractivity contribution < 1.29 is 13.2 Å². The Bertz CT molecular complexity index is 514. The molecule has 1 atom stereocenters. The van der Waals surface area contributed by atoms with Crippen LogP contribution in [0.25, 0.3) is 0 Å². The monoisotopic (exact) mass is 334 g/mol. The molecule has 0 radical (unpaired) electrons. The Kier molecular flexibility index (Phi) is 7.83. The van der Waals surface area contributed by atoms with Crippen molar-refractivity contribution in [2.24, 2.45) is 0 Å². The summed E-state index contributed by atoms with van der Waals surface area (Å²) in [5, 5.41) is 3.21. The zero-order valence-electron chi connectivity index (χ0n) is 13.3. The zero-order valence-corrected chi connectivity index (χ0v) is 14.9. The van der Waals surface area contributed by atoms with Gasteiger partial charge in [-0.1, -0.05) is 13.8 Å². The van der Waals surface area contributed by atoms with Crippen LogP contribution in [-0.2, 0) is 21.3 Å². The van der Waals surface area contributed by atoms with Gasteiger partial charge in [0, 0.05) is 31.1 Å². The van der Waals surface area contributed by atoms with Crippen molar-refractivity contribution in [2.45, 2.75) is 44.0 Å². The van der Waals surface area contributed by atoms with Crippen molar-refractivity contribution in [3.8, 4) is 0 Å². The lowest BCUT2D eigenvalue weighted by Crippen LogP contribution is -2.40. The molecule has 0 saturated carbocycles. The van der Waals surface area contributed by atoms with Crippen molar-refractivity contribution in [2.75, 3.05) is 26.8 Å². The quantitative estimate of drug-likeness (QED) is 0.713. The number of nitrogens with one attached hydrogen (secondary N) is 1. The predicted molar refractivity (Wildman–Crippen MR) is 87.2 cm³/mol. The third-order valence-electron chi connectivity index (χ3n) is 3.35. The molecular formula is C14H26N2O3S2. The van der Waals surface area contributed by atoms with E-state index in [9.17, 15) is 8.42 Å². The maximum atomic E-state index is 12.8. The lowest BCUT2D eigenvalue weighted by molar-refractivity contribution is 0.167. The van der Waals surface area contributed by atoms with Crippen LogP contribution in [0.4, 0.5) is 0 Å². The molecule has 0 saturated heterocycles. The summed E-state index contributed by atoms with van der Waals surface area (Å²) in [4.78, 5) is 1.03. The van der Waals surface area contributed by atoms with E-state index < -0.39 is 10.0 Å².